The van der Waals surface area contributed by atoms with Gasteiger partial charge in [0.05, 0.1) is 25.2 Å². The van der Waals surface area contributed by atoms with Crippen molar-refractivity contribution in [2.45, 2.75) is 26.9 Å². The summed E-state index contributed by atoms with van der Waals surface area (Å²) in [6.07, 6.45) is 5.25. The number of rotatable bonds is 10. The van der Waals surface area contributed by atoms with Crippen LogP contribution in [0.25, 0.3) is 21.9 Å². The minimum atomic E-state index is -0.0939. The Morgan fingerprint density at radius 3 is 2.21 bits per heavy atom. The maximum Gasteiger partial charge on any atom is 0.260 e. The van der Waals surface area contributed by atoms with Crippen LogP contribution in [-0.2, 0) is 13.1 Å². The van der Waals surface area contributed by atoms with Crippen LogP contribution < -0.4 is 19.9 Å². The first kappa shape index (κ1) is 24.3. The van der Waals surface area contributed by atoms with Gasteiger partial charge in [-0.2, -0.15) is 0 Å². The van der Waals surface area contributed by atoms with Crippen LogP contribution in [0.2, 0.25) is 0 Å². The highest BCUT2D eigenvalue weighted by Gasteiger charge is 2.19. The van der Waals surface area contributed by atoms with E-state index < -0.39 is 0 Å². The Balaban J connectivity index is 2.32. The lowest BCUT2D eigenvalue weighted by molar-refractivity contribution is 0.281. The Morgan fingerprint density at radius 1 is 1.06 bits per heavy atom. The molecule has 33 heavy (non-hydrogen) atoms. The summed E-state index contributed by atoms with van der Waals surface area (Å²) < 4.78 is 13.3. The molecule has 2 heterocycles. The van der Waals surface area contributed by atoms with Gasteiger partial charge in [-0.05, 0) is 36.9 Å². The van der Waals surface area contributed by atoms with Gasteiger partial charge in [0.2, 0.25) is 0 Å². The van der Waals surface area contributed by atoms with Gasteiger partial charge in [-0.1, -0.05) is 19.9 Å². The lowest BCUT2D eigenvalue weighted by Gasteiger charge is -2.23. The molecule has 2 aromatic heterocycles. The molecule has 3 rings (SSSR count). The second-order valence-electron chi connectivity index (χ2n) is 8.09. The first-order valence-corrected chi connectivity index (χ1v) is 11.2. The van der Waals surface area contributed by atoms with Crippen molar-refractivity contribution < 1.29 is 9.47 Å². The topological polar surface area (TPSA) is 59.8 Å². The van der Waals surface area contributed by atoms with Crippen molar-refractivity contribution in [1.82, 2.24) is 14.5 Å². The molecule has 0 atom stereocenters. The summed E-state index contributed by atoms with van der Waals surface area (Å²) in [6, 6.07) is 6.00. The third kappa shape index (κ3) is 4.88. The van der Waals surface area contributed by atoms with Crippen molar-refractivity contribution in [3.8, 4) is 22.6 Å². The molecule has 0 aliphatic carbocycles. The quantitative estimate of drug-likeness (QED) is 0.432. The molecule has 0 aliphatic heterocycles. The largest absolute Gasteiger partial charge is 0.496 e. The summed E-state index contributed by atoms with van der Waals surface area (Å²) in [6.45, 7) is 11.1. The van der Waals surface area contributed by atoms with Gasteiger partial charge < -0.3 is 18.9 Å². The van der Waals surface area contributed by atoms with E-state index in [-0.39, 0.29) is 5.56 Å². The van der Waals surface area contributed by atoms with Gasteiger partial charge in [0.25, 0.3) is 5.56 Å². The Bertz CT molecular complexity index is 1170. The summed E-state index contributed by atoms with van der Waals surface area (Å²) in [5, 5.41) is 1.39. The van der Waals surface area contributed by atoms with Gasteiger partial charge in [-0.3, -0.25) is 9.69 Å². The fourth-order valence-electron chi connectivity index (χ4n) is 3.99. The van der Waals surface area contributed by atoms with Crippen molar-refractivity contribution in [3.63, 3.8) is 0 Å². The van der Waals surface area contributed by atoms with Gasteiger partial charge in [0.15, 0.2) is 0 Å². The fourth-order valence-corrected chi connectivity index (χ4v) is 3.99. The summed E-state index contributed by atoms with van der Waals surface area (Å²) >= 11 is 0. The number of nitrogens with zero attached hydrogens (tertiary/aromatic N) is 4. The number of anilines is 1. The van der Waals surface area contributed by atoms with Crippen LogP contribution in [0.15, 0.2) is 48.0 Å². The van der Waals surface area contributed by atoms with Crippen molar-refractivity contribution in [3.05, 3.63) is 59.2 Å². The number of fused-ring (bicyclic) bond motifs is 1. The smallest absolute Gasteiger partial charge is 0.260 e. The molecule has 7 heteroatoms. The molecule has 0 unspecified atom stereocenters. The maximum atomic E-state index is 13.1. The first-order valence-electron chi connectivity index (χ1n) is 11.2. The molecular formula is C26H34N4O3. The van der Waals surface area contributed by atoms with E-state index in [1.807, 2.05) is 43.4 Å². The number of pyridine rings is 2. The molecule has 0 N–H and O–H groups in total. The minimum Gasteiger partial charge on any atom is -0.496 e. The number of benzene rings is 1. The van der Waals surface area contributed by atoms with E-state index in [0.717, 1.165) is 59.0 Å². The van der Waals surface area contributed by atoms with Crippen molar-refractivity contribution >= 4 is 16.6 Å². The van der Waals surface area contributed by atoms with Gasteiger partial charge >= 0.3 is 0 Å². The number of allylic oxidation sites excluding steroid dienone is 1. The lowest BCUT2D eigenvalue weighted by atomic mass is 9.98. The van der Waals surface area contributed by atoms with E-state index in [1.165, 1.54) is 0 Å². The zero-order valence-electron chi connectivity index (χ0n) is 20.5. The van der Waals surface area contributed by atoms with Crippen molar-refractivity contribution in [1.29, 1.82) is 0 Å². The molecule has 0 saturated heterocycles. The molecule has 0 bridgehead atoms. The van der Waals surface area contributed by atoms with Crippen LogP contribution >= 0.6 is 0 Å². The summed E-state index contributed by atoms with van der Waals surface area (Å²) in [5.74, 6) is 2.29. The minimum absolute atomic E-state index is 0.0939. The lowest BCUT2D eigenvalue weighted by Crippen LogP contribution is -2.23. The monoisotopic (exact) mass is 450 g/mol. The Morgan fingerprint density at radius 2 is 1.70 bits per heavy atom. The third-order valence-electron chi connectivity index (χ3n) is 5.93. The number of hydrogen-bond donors (Lipinski definition) is 0. The van der Waals surface area contributed by atoms with Gasteiger partial charge in [-0.25, -0.2) is 4.98 Å². The molecule has 0 saturated carbocycles. The normalized spacial score (nSPS) is 11.1. The van der Waals surface area contributed by atoms with Crippen LogP contribution in [-0.4, -0.2) is 55.9 Å². The van der Waals surface area contributed by atoms with Crippen LogP contribution in [0.1, 0.15) is 19.4 Å². The highest BCUT2D eigenvalue weighted by Crippen LogP contribution is 2.38. The molecule has 0 amide bonds. The predicted octanol–water partition coefficient (Wildman–Crippen LogP) is 4.17. The van der Waals surface area contributed by atoms with Crippen LogP contribution in [0, 0.1) is 0 Å². The highest BCUT2D eigenvalue weighted by molar-refractivity contribution is 5.97. The van der Waals surface area contributed by atoms with Crippen LogP contribution in [0.3, 0.4) is 0 Å². The third-order valence-corrected chi connectivity index (χ3v) is 5.93. The van der Waals surface area contributed by atoms with E-state index >= 15 is 0 Å². The molecule has 7 nitrogen and oxygen atoms in total. The number of aromatic nitrogens is 2. The zero-order valence-corrected chi connectivity index (χ0v) is 20.5. The fraction of sp³-hybridized carbons (Fsp3) is 0.385. The maximum absolute atomic E-state index is 13.1. The zero-order chi connectivity index (χ0) is 24.1. The highest BCUT2D eigenvalue weighted by atomic mass is 16.5. The van der Waals surface area contributed by atoms with E-state index in [0.29, 0.717) is 11.9 Å². The average Bonchev–Trinajstić information content (AvgIpc) is 2.83. The van der Waals surface area contributed by atoms with E-state index in [2.05, 4.69) is 30.3 Å². The molecule has 0 aliphatic rings. The average molecular weight is 451 g/mol. The summed E-state index contributed by atoms with van der Waals surface area (Å²) in [7, 11) is 7.21. The Hall–Kier alpha value is -3.32. The van der Waals surface area contributed by atoms with E-state index in [9.17, 15) is 4.79 Å². The molecule has 176 valence electrons. The van der Waals surface area contributed by atoms with Gasteiger partial charge in [0, 0.05) is 50.5 Å². The molecular weight excluding hydrogens is 416 g/mol. The van der Waals surface area contributed by atoms with Crippen LogP contribution in [0.4, 0.5) is 5.82 Å². The van der Waals surface area contributed by atoms with Gasteiger partial charge in [-0.15, -0.1) is 6.58 Å². The Kier molecular flexibility index (Phi) is 7.76. The van der Waals surface area contributed by atoms with Crippen molar-refractivity contribution in [2.75, 3.05) is 46.3 Å². The summed E-state index contributed by atoms with van der Waals surface area (Å²) in [5.41, 5.74) is 2.73. The predicted molar refractivity (Wildman–Crippen MR) is 136 cm³/mol. The first-order chi connectivity index (χ1) is 15.9. The number of methoxy groups -OCH3 is 2. The van der Waals surface area contributed by atoms with E-state index in [1.54, 1.807) is 31.1 Å². The molecule has 0 spiro atoms. The van der Waals surface area contributed by atoms with Crippen molar-refractivity contribution in [2.24, 2.45) is 0 Å². The number of hydrogen-bond acceptors (Lipinski definition) is 6. The SMILES string of the molecule is C=CCn1cc(-c2cc(OC)c(CN(CC)CC)c(OC)c2)c2cc(N(C)C)ncc2c1=O. The summed E-state index contributed by atoms with van der Waals surface area (Å²) in [4.78, 5) is 21.8. The molecule has 0 fully saturated rings. The Labute approximate surface area is 195 Å². The van der Waals surface area contributed by atoms with Gasteiger partial charge in [0.1, 0.15) is 17.3 Å². The molecule has 0 radical (unpaired) electrons. The molecule has 1 aromatic carbocycles. The second kappa shape index (κ2) is 10.5. The standard InChI is InChI=1S/C26H34N4O3/c1-8-11-30-17-21(19-14-25(28(4)5)27-15-20(19)26(30)31)18-12-23(32-6)22(24(13-18)33-7)16-29(9-2)10-3/h8,12-15,17H,1,9-11,16H2,2-7H3. The number of ether oxygens (including phenoxy) is 2. The van der Waals surface area contributed by atoms with E-state index in [4.69, 9.17) is 9.47 Å². The second-order valence-corrected chi connectivity index (χ2v) is 8.09. The molecule has 3 aromatic rings. The van der Waals surface area contributed by atoms with Crippen LogP contribution in [0.5, 0.6) is 11.5 Å².